The summed E-state index contributed by atoms with van der Waals surface area (Å²) in [4.78, 5) is 30.4. The molecule has 0 radical (unpaired) electrons. The number of carbonyl (C=O) groups excluding carboxylic acids is 2. The fraction of sp³-hybridized carbons (Fsp3) is 0.316. The minimum Gasteiger partial charge on any atom is -0.479 e. The maximum Gasteiger partial charge on any atom is 0.267 e. The number of hydrogen-bond donors (Lipinski definition) is 1. The third-order valence-corrected chi connectivity index (χ3v) is 4.20. The van der Waals surface area contributed by atoms with E-state index >= 15 is 0 Å². The summed E-state index contributed by atoms with van der Waals surface area (Å²) in [5.41, 5.74) is 1.65. The van der Waals surface area contributed by atoms with Crippen molar-refractivity contribution in [1.29, 1.82) is 0 Å². The lowest BCUT2D eigenvalue weighted by molar-refractivity contribution is -0.125. The molecule has 25 heavy (non-hydrogen) atoms. The molecule has 2 heterocycles. The second kappa shape index (κ2) is 7.34. The molecular formula is C19H21N3O3. The number of nitrogens with one attached hydrogen (secondary N) is 1. The van der Waals surface area contributed by atoms with Gasteiger partial charge < -0.3 is 15.0 Å². The Morgan fingerprint density at radius 1 is 1.32 bits per heavy atom. The summed E-state index contributed by atoms with van der Waals surface area (Å²) >= 11 is 0. The van der Waals surface area contributed by atoms with Crippen LogP contribution in [0.5, 0.6) is 5.75 Å². The van der Waals surface area contributed by atoms with E-state index in [2.05, 4.69) is 10.3 Å². The van der Waals surface area contributed by atoms with Gasteiger partial charge in [-0.05, 0) is 37.6 Å². The molecule has 2 amide bonds. The summed E-state index contributed by atoms with van der Waals surface area (Å²) in [6.45, 7) is 3.94. The summed E-state index contributed by atoms with van der Waals surface area (Å²) in [7, 11) is 0. The summed E-state index contributed by atoms with van der Waals surface area (Å²) in [5.74, 6) is 0.423. The molecule has 6 heteroatoms. The van der Waals surface area contributed by atoms with Crippen LogP contribution in [-0.4, -0.2) is 29.4 Å². The summed E-state index contributed by atoms with van der Waals surface area (Å²) in [6, 6.07) is 11.0. The Hall–Kier alpha value is -2.89. The number of pyridine rings is 1. The van der Waals surface area contributed by atoms with E-state index in [0.29, 0.717) is 18.0 Å². The Bertz CT molecular complexity index is 764. The molecule has 2 atom stereocenters. The van der Waals surface area contributed by atoms with Crippen LogP contribution in [0.3, 0.4) is 0 Å². The molecule has 0 saturated carbocycles. The quantitative estimate of drug-likeness (QED) is 0.908. The number of para-hydroxylation sites is 2. The van der Waals surface area contributed by atoms with E-state index in [1.54, 1.807) is 24.2 Å². The number of hydrogen-bond acceptors (Lipinski definition) is 4. The molecule has 6 nitrogen and oxygen atoms in total. The zero-order valence-corrected chi connectivity index (χ0v) is 14.3. The van der Waals surface area contributed by atoms with Crippen LogP contribution in [0.15, 0.2) is 48.8 Å². The van der Waals surface area contributed by atoms with Crippen molar-refractivity contribution >= 4 is 17.5 Å². The molecule has 2 unspecified atom stereocenters. The molecule has 0 saturated heterocycles. The summed E-state index contributed by atoms with van der Waals surface area (Å²) in [6.07, 6.45) is 3.10. The van der Waals surface area contributed by atoms with Gasteiger partial charge in [0, 0.05) is 25.4 Å². The second-order valence-electron chi connectivity index (χ2n) is 6.04. The highest BCUT2D eigenvalue weighted by atomic mass is 16.5. The lowest BCUT2D eigenvalue weighted by atomic mass is 10.1. The number of aromatic nitrogens is 1. The second-order valence-corrected chi connectivity index (χ2v) is 6.04. The highest BCUT2D eigenvalue weighted by Crippen LogP contribution is 2.33. The van der Waals surface area contributed by atoms with Crippen LogP contribution in [0, 0.1) is 0 Å². The van der Waals surface area contributed by atoms with Crippen LogP contribution in [0.4, 0.5) is 5.69 Å². The van der Waals surface area contributed by atoms with Gasteiger partial charge in [0.05, 0.1) is 11.7 Å². The molecular weight excluding hydrogens is 318 g/mol. The number of fused-ring (bicyclic) bond motifs is 1. The Morgan fingerprint density at radius 2 is 2.12 bits per heavy atom. The van der Waals surface area contributed by atoms with Crippen LogP contribution >= 0.6 is 0 Å². The smallest absolute Gasteiger partial charge is 0.267 e. The normalized spacial score (nSPS) is 17.4. The van der Waals surface area contributed by atoms with Crippen LogP contribution in [0.2, 0.25) is 0 Å². The van der Waals surface area contributed by atoms with Crippen molar-refractivity contribution in [2.45, 2.75) is 32.4 Å². The highest BCUT2D eigenvalue weighted by molar-refractivity contribution is 6.00. The van der Waals surface area contributed by atoms with Crippen LogP contribution < -0.4 is 15.0 Å². The Labute approximate surface area is 146 Å². The first-order chi connectivity index (χ1) is 12.1. The third-order valence-electron chi connectivity index (χ3n) is 4.20. The van der Waals surface area contributed by atoms with E-state index < -0.39 is 6.10 Å². The maximum atomic E-state index is 12.4. The van der Waals surface area contributed by atoms with E-state index in [1.165, 1.54) is 0 Å². The SMILES string of the molecule is CC1Oc2ccccc2N(CCC(=O)NC(C)c2cccnc2)C1=O. The van der Waals surface area contributed by atoms with Gasteiger partial charge in [0.15, 0.2) is 6.10 Å². The van der Waals surface area contributed by atoms with Crippen molar-refractivity contribution in [1.82, 2.24) is 10.3 Å². The predicted molar refractivity (Wildman–Crippen MR) is 94.3 cm³/mol. The minimum atomic E-state index is -0.549. The largest absolute Gasteiger partial charge is 0.479 e. The molecule has 1 N–H and O–H groups in total. The van der Waals surface area contributed by atoms with Gasteiger partial charge in [0.25, 0.3) is 5.91 Å². The average molecular weight is 339 g/mol. The Kier molecular flexibility index (Phi) is 4.97. The number of rotatable bonds is 5. The Morgan fingerprint density at radius 3 is 2.88 bits per heavy atom. The van der Waals surface area contributed by atoms with Gasteiger partial charge in [0.1, 0.15) is 5.75 Å². The number of amides is 2. The fourth-order valence-electron chi connectivity index (χ4n) is 2.83. The monoisotopic (exact) mass is 339 g/mol. The molecule has 1 aliphatic heterocycles. The third kappa shape index (κ3) is 3.79. The maximum absolute atomic E-state index is 12.4. The lowest BCUT2D eigenvalue weighted by Gasteiger charge is -2.32. The van der Waals surface area contributed by atoms with E-state index in [-0.39, 0.29) is 24.3 Å². The van der Waals surface area contributed by atoms with Gasteiger partial charge in [-0.1, -0.05) is 18.2 Å². The standard InChI is InChI=1S/C19H21N3O3/c1-13(15-6-5-10-20-12-15)21-18(23)9-11-22-16-7-3-4-8-17(16)25-14(2)19(22)24/h3-8,10,12-14H,9,11H2,1-2H3,(H,21,23). The fourth-order valence-corrected chi connectivity index (χ4v) is 2.83. The first kappa shape index (κ1) is 17.0. The van der Waals surface area contributed by atoms with E-state index in [4.69, 9.17) is 4.74 Å². The zero-order valence-electron chi connectivity index (χ0n) is 14.3. The van der Waals surface area contributed by atoms with E-state index in [9.17, 15) is 9.59 Å². The number of ether oxygens (including phenoxy) is 1. The first-order valence-corrected chi connectivity index (χ1v) is 8.32. The zero-order chi connectivity index (χ0) is 17.8. The van der Waals surface area contributed by atoms with E-state index in [1.807, 2.05) is 43.3 Å². The molecule has 0 bridgehead atoms. The van der Waals surface area contributed by atoms with Gasteiger partial charge in [-0.25, -0.2) is 0 Å². The molecule has 130 valence electrons. The first-order valence-electron chi connectivity index (χ1n) is 8.32. The lowest BCUT2D eigenvalue weighted by Crippen LogP contribution is -2.45. The molecule has 3 rings (SSSR count). The molecule has 2 aromatic rings. The highest BCUT2D eigenvalue weighted by Gasteiger charge is 2.31. The minimum absolute atomic E-state index is 0.110. The molecule has 1 aromatic heterocycles. The molecule has 0 spiro atoms. The van der Waals surface area contributed by atoms with Crippen molar-refractivity contribution in [3.8, 4) is 5.75 Å². The van der Waals surface area contributed by atoms with Crippen molar-refractivity contribution in [2.24, 2.45) is 0 Å². The van der Waals surface area contributed by atoms with Crippen molar-refractivity contribution in [3.63, 3.8) is 0 Å². The Balaban J connectivity index is 1.63. The van der Waals surface area contributed by atoms with E-state index in [0.717, 1.165) is 5.56 Å². The average Bonchev–Trinajstić information content (AvgIpc) is 2.63. The molecule has 0 fully saturated rings. The predicted octanol–water partition coefficient (Wildman–Crippen LogP) is 2.46. The van der Waals surface area contributed by atoms with Gasteiger partial charge in [0.2, 0.25) is 5.91 Å². The van der Waals surface area contributed by atoms with Gasteiger partial charge in [-0.3, -0.25) is 14.6 Å². The van der Waals surface area contributed by atoms with Crippen molar-refractivity contribution < 1.29 is 14.3 Å². The van der Waals surface area contributed by atoms with Gasteiger partial charge in [-0.15, -0.1) is 0 Å². The van der Waals surface area contributed by atoms with Crippen molar-refractivity contribution in [3.05, 3.63) is 54.4 Å². The molecule has 0 aliphatic carbocycles. The van der Waals surface area contributed by atoms with Crippen LogP contribution in [0.25, 0.3) is 0 Å². The summed E-state index contributed by atoms with van der Waals surface area (Å²) in [5, 5.41) is 2.94. The van der Waals surface area contributed by atoms with Crippen LogP contribution in [-0.2, 0) is 9.59 Å². The summed E-state index contributed by atoms with van der Waals surface area (Å²) < 4.78 is 5.60. The van der Waals surface area contributed by atoms with Crippen molar-refractivity contribution in [2.75, 3.05) is 11.4 Å². The number of benzene rings is 1. The van der Waals surface area contributed by atoms with Gasteiger partial charge >= 0.3 is 0 Å². The topological polar surface area (TPSA) is 71.5 Å². The molecule has 1 aromatic carbocycles. The van der Waals surface area contributed by atoms with Crippen LogP contribution in [0.1, 0.15) is 31.9 Å². The van der Waals surface area contributed by atoms with Gasteiger partial charge in [-0.2, -0.15) is 0 Å². The number of nitrogens with zero attached hydrogens (tertiary/aromatic N) is 2. The number of anilines is 1. The number of carbonyl (C=O) groups is 2. The molecule has 1 aliphatic rings.